The Morgan fingerprint density at radius 1 is 0.769 bits per heavy atom. The Bertz CT molecular complexity index is 1210. The van der Waals surface area contributed by atoms with Crippen LogP contribution in [0, 0.1) is 0 Å². The van der Waals surface area contributed by atoms with E-state index in [1.54, 1.807) is 12.4 Å². The predicted octanol–water partition coefficient (Wildman–Crippen LogP) is 5.48. The Balaban J connectivity index is 1.73. The van der Waals surface area contributed by atoms with Crippen LogP contribution in [0.4, 0.5) is 0 Å². The van der Waals surface area contributed by atoms with E-state index in [9.17, 15) is 0 Å². The van der Waals surface area contributed by atoms with Crippen LogP contribution in [-0.4, -0.2) is 19.9 Å². The van der Waals surface area contributed by atoms with Crippen LogP contribution in [0.5, 0.6) is 0 Å². The van der Waals surface area contributed by atoms with E-state index in [1.807, 2.05) is 60.7 Å². The molecule has 124 valence electrons. The zero-order chi connectivity index (χ0) is 17.5. The first-order chi connectivity index (χ1) is 12.8. The number of aromatic amines is 1. The van der Waals surface area contributed by atoms with Gasteiger partial charge in [0.15, 0.2) is 0 Å². The molecule has 0 bridgehead atoms. The standard InChI is InChI=1S/C21H13ClN4/c22-14-8-5-13(6-9-14)7-10-17-25-20-15-3-1-11-23-18(15)19-16(21(20)26-17)4-2-12-24-19/h1-12H,(H,25,26)/b10-7+. The molecule has 5 heteroatoms. The number of nitrogens with one attached hydrogen (secondary N) is 1. The summed E-state index contributed by atoms with van der Waals surface area (Å²) < 4.78 is 0. The Kier molecular flexibility index (Phi) is 3.43. The first kappa shape index (κ1) is 15.0. The molecule has 0 saturated heterocycles. The highest BCUT2D eigenvalue weighted by molar-refractivity contribution is 6.30. The van der Waals surface area contributed by atoms with Crippen molar-refractivity contribution >= 4 is 56.6 Å². The molecule has 0 unspecified atom stereocenters. The summed E-state index contributed by atoms with van der Waals surface area (Å²) in [5, 5.41) is 2.74. The first-order valence-corrected chi connectivity index (χ1v) is 8.62. The van der Waals surface area contributed by atoms with Gasteiger partial charge in [-0.25, -0.2) is 4.98 Å². The second kappa shape index (κ2) is 5.93. The molecule has 1 N–H and O–H groups in total. The molecule has 26 heavy (non-hydrogen) atoms. The Labute approximate surface area is 154 Å². The molecule has 4 nitrogen and oxygen atoms in total. The zero-order valence-electron chi connectivity index (χ0n) is 13.6. The van der Waals surface area contributed by atoms with Crippen molar-refractivity contribution in [3.05, 3.63) is 77.3 Å². The molecule has 3 heterocycles. The lowest BCUT2D eigenvalue weighted by Gasteiger charge is -2.03. The number of aromatic nitrogens is 4. The third kappa shape index (κ3) is 2.43. The van der Waals surface area contributed by atoms with Gasteiger partial charge in [0, 0.05) is 28.2 Å². The van der Waals surface area contributed by atoms with E-state index < -0.39 is 0 Å². The summed E-state index contributed by atoms with van der Waals surface area (Å²) in [6, 6.07) is 15.6. The number of hydrogen-bond acceptors (Lipinski definition) is 3. The maximum absolute atomic E-state index is 5.94. The molecule has 0 amide bonds. The van der Waals surface area contributed by atoms with Crippen molar-refractivity contribution in [1.29, 1.82) is 0 Å². The van der Waals surface area contributed by atoms with Crippen LogP contribution in [-0.2, 0) is 0 Å². The fourth-order valence-electron chi connectivity index (χ4n) is 3.19. The minimum atomic E-state index is 0.726. The van der Waals surface area contributed by atoms with Gasteiger partial charge in [0.25, 0.3) is 0 Å². The number of nitrogens with zero attached hydrogens (tertiary/aromatic N) is 3. The van der Waals surface area contributed by atoms with Crippen molar-refractivity contribution in [3.8, 4) is 0 Å². The van der Waals surface area contributed by atoms with Gasteiger partial charge in [-0.05, 0) is 48.0 Å². The summed E-state index contributed by atoms with van der Waals surface area (Å²) in [4.78, 5) is 17.3. The molecule has 0 radical (unpaired) electrons. The number of halogens is 1. The molecule has 2 aromatic carbocycles. The fraction of sp³-hybridized carbons (Fsp3) is 0. The molecule has 5 aromatic rings. The smallest absolute Gasteiger partial charge is 0.131 e. The second-order valence-electron chi connectivity index (χ2n) is 6.03. The van der Waals surface area contributed by atoms with Crippen molar-refractivity contribution in [3.63, 3.8) is 0 Å². The van der Waals surface area contributed by atoms with E-state index in [4.69, 9.17) is 16.6 Å². The molecule has 0 aliphatic rings. The molecule has 5 rings (SSSR count). The van der Waals surface area contributed by atoms with E-state index >= 15 is 0 Å². The van der Waals surface area contributed by atoms with Crippen molar-refractivity contribution in [2.24, 2.45) is 0 Å². The highest BCUT2D eigenvalue weighted by atomic mass is 35.5. The average molecular weight is 357 g/mol. The summed E-state index contributed by atoms with van der Waals surface area (Å²) in [6.45, 7) is 0. The first-order valence-electron chi connectivity index (χ1n) is 8.24. The third-order valence-corrected chi connectivity index (χ3v) is 4.64. The SMILES string of the molecule is Clc1ccc(/C=C/c2nc3c4cccnc4c4ncccc4c3[nH]2)cc1. The van der Waals surface area contributed by atoms with E-state index in [0.29, 0.717) is 0 Å². The summed E-state index contributed by atoms with van der Waals surface area (Å²) in [5.74, 6) is 0.788. The molecule has 0 fully saturated rings. The number of hydrogen-bond donors (Lipinski definition) is 1. The highest BCUT2D eigenvalue weighted by Crippen LogP contribution is 2.31. The number of benzene rings is 2. The lowest BCUT2D eigenvalue weighted by molar-refractivity contribution is 1.30. The van der Waals surface area contributed by atoms with E-state index in [0.717, 1.165) is 49.2 Å². The molecular weight excluding hydrogens is 344 g/mol. The largest absolute Gasteiger partial charge is 0.338 e. The summed E-state index contributed by atoms with van der Waals surface area (Å²) in [6.07, 6.45) is 7.55. The maximum atomic E-state index is 5.94. The van der Waals surface area contributed by atoms with Gasteiger partial charge in [-0.2, -0.15) is 0 Å². The van der Waals surface area contributed by atoms with Gasteiger partial charge in [0.05, 0.1) is 22.1 Å². The third-order valence-electron chi connectivity index (χ3n) is 4.39. The summed E-state index contributed by atoms with van der Waals surface area (Å²) in [5.41, 5.74) is 4.70. The summed E-state index contributed by atoms with van der Waals surface area (Å²) in [7, 11) is 0. The molecule has 3 aromatic heterocycles. The Morgan fingerprint density at radius 3 is 2.23 bits per heavy atom. The van der Waals surface area contributed by atoms with Crippen molar-refractivity contribution in [2.75, 3.05) is 0 Å². The zero-order valence-corrected chi connectivity index (χ0v) is 14.4. The minimum Gasteiger partial charge on any atom is -0.338 e. The van der Waals surface area contributed by atoms with Gasteiger partial charge in [-0.1, -0.05) is 29.8 Å². The van der Waals surface area contributed by atoms with Crippen LogP contribution >= 0.6 is 11.6 Å². The van der Waals surface area contributed by atoms with Crippen molar-refractivity contribution < 1.29 is 0 Å². The van der Waals surface area contributed by atoms with Crippen LogP contribution < -0.4 is 0 Å². The topological polar surface area (TPSA) is 54.5 Å². The highest BCUT2D eigenvalue weighted by Gasteiger charge is 2.13. The number of H-pyrrole nitrogens is 1. The van der Waals surface area contributed by atoms with Crippen LogP contribution in [0.3, 0.4) is 0 Å². The number of imidazole rings is 1. The number of rotatable bonds is 2. The van der Waals surface area contributed by atoms with Crippen molar-refractivity contribution in [2.45, 2.75) is 0 Å². The number of pyridine rings is 2. The lowest BCUT2D eigenvalue weighted by Crippen LogP contribution is -1.86. The Morgan fingerprint density at radius 2 is 1.46 bits per heavy atom. The minimum absolute atomic E-state index is 0.726. The molecule has 0 saturated carbocycles. The van der Waals surface area contributed by atoms with Gasteiger partial charge < -0.3 is 4.98 Å². The van der Waals surface area contributed by atoms with E-state index in [1.165, 1.54) is 0 Å². The van der Waals surface area contributed by atoms with Crippen LogP contribution in [0.15, 0.2) is 60.9 Å². The Hall–Kier alpha value is -3.24. The number of fused-ring (bicyclic) bond motifs is 6. The predicted molar refractivity (Wildman–Crippen MR) is 107 cm³/mol. The van der Waals surface area contributed by atoms with Crippen molar-refractivity contribution in [1.82, 2.24) is 19.9 Å². The van der Waals surface area contributed by atoms with Gasteiger partial charge in [0.1, 0.15) is 5.82 Å². The molecular formula is C21H13ClN4. The van der Waals surface area contributed by atoms with E-state index in [2.05, 4.69) is 15.0 Å². The van der Waals surface area contributed by atoms with Gasteiger partial charge in [-0.15, -0.1) is 0 Å². The van der Waals surface area contributed by atoms with Gasteiger partial charge in [0.2, 0.25) is 0 Å². The molecule has 0 aliphatic carbocycles. The van der Waals surface area contributed by atoms with Crippen LogP contribution in [0.25, 0.3) is 45.0 Å². The quantitative estimate of drug-likeness (QED) is 0.426. The normalized spacial score (nSPS) is 11.9. The molecule has 0 aliphatic heterocycles. The van der Waals surface area contributed by atoms with Gasteiger partial charge >= 0.3 is 0 Å². The molecule has 0 atom stereocenters. The van der Waals surface area contributed by atoms with Crippen LogP contribution in [0.1, 0.15) is 11.4 Å². The summed E-state index contributed by atoms with van der Waals surface area (Å²) >= 11 is 5.94. The molecule has 0 spiro atoms. The van der Waals surface area contributed by atoms with E-state index in [-0.39, 0.29) is 0 Å². The average Bonchev–Trinajstić information content (AvgIpc) is 3.12. The second-order valence-corrected chi connectivity index (χ2v) is 6.47. The fourth-order valence-corrected chi connectivity index (χ4v) is 3.32. The van der Waals surface area contributed by atoms with Gasteiger partial charge in [-0.3, -0.25) is 9.97 Å². The monoisotopic (exact) mass is 356 g/mol. The lowest BCUT2D eigenvalue weighted by atomic mass is 10.1. The van der Waals surface area contributed by atoms with Crippen LogP contribution in [0.2, 0.25) is 5.02 Å². The maximum Gasteiger partial charge on any atom is 0.131 e.